The summed E-state index contributed by atoms with van der Waals surface area (Å²) in [4.78, 5) is 31.1. The molecule has 6 rings (SSSR count). The van der Waals surface area contributed by atoms with E-state index in [1.165, 1.54) is 15.4 Å². The van der Waals surface area contributed by atoms with Gasteiger partial charge in [0.2, 0.25) is 0 Å². The van der Waals surface area contributed by atoms with Crippen LogP contribution < -0.4 is 14.7 Å². The second-order valence-electron chi connectivity index (χ2n) is 8.68. The highest BCUT2D eigenvalue weighted by Crippen LogP contribution is 2.42. The summed E-state index contributed by atoms with van der Waals surface area (Å²) in [6, 6.07) is 8.28. The Bertz CT molecular complexity index is 747. The number of ketones is 1. The second kappa shape index (κ2) is 4.09. The number of carbonyl (C=O) groups excluding carboxylic acids is 2. The predicted octanol–water partition coefficient (Wildman–Crippen LogP) is -1.40. The van der Waals surface area contributed by atoms with Gasteiger partial charge in [-0.1, -0.05) is 12.1 Å². The molecule has 4 fully saturated rings. The van der Waals surface area contributed by atoms with Gasteiger partial charge in [-0.05, 0) is 32.9 Å². The van der Waals surface area contributed by atoms with Gasteiger partial charge in [-0.25, -0.2) is 0 Å². The van der Waals surface area contributed by atoms with Crippen molar-refractivity contribution in [1.29, 1.82) is 0 Å². The van der Waals surface area contributed by atoms with Crippen LogP contribution in [0.15, 0.2) is 24.3 Å². The summed E-state index contributed by atoms with van der Waals surface area (Å²) in [6.45, 7) is 10.1. The van der Waals surface area contributed by atoms with Gasteiger partial charge >= 0.3 is 11.6 Å². The SMILES string of the molecule is CCN1C(=O)C2(c3ccccc31)[NH+]1CC3(C)C[NH+]2CC(C)(C1)C3=O. The molecule has 1 aromatic rings. The lowest BCUT2D eigenvalue weighted by atomic mass is 9.60. The summed E-state index contributed by atoms with van der Waals surface area (Å²) < 4.78 is 0. The lowest BCUT2D eigenvalue weighted by molar-refractivity contribution is -1.20. The first-order valence-electron chi connectivity index (χ1n) is 9.03. The first-order chi connectivity index (χ1) is 11.4. The van der Waals surface area contributed by atoms with E-state index in [9.17, 15) is 9.59 Å². The fraction of sp³-hybridized carbons (Fsp3) is 0.579. The van der Waals surface area contributed by atoms with Gasteiger partial charge in [0.1, 0.15) is 42.6 Å². The molecule has 5 heterocycles. The van der Waals surface area contributed by atoms with E-state index < -0.39 is 5.66 Å². The number of hydrogen-bond acceptors (Lipinski definition) is 2. The van der Waals surface area contributed by atoms with E-state index in [1.54, 1.807) is 0 Å². The number of nitrogens with one attached hydrogen (secondary N) is 2. The zero-order valence-corrected chi connectivity index (χ0v) is 14.6. The van der Waals surface area contributed by atoms with E-state index in [1.807, 2.05) is 24.0 Å². The number of piperidine rings is 2. The van der Waals surface area contributed by atoms with Gasteiger partial charge in [0, 0.05) is 6.54 Å². The largest absolute Gasteiger partial charge is 0.353 e. The van der Waals surface area contributed by atoms with Crippen molar-refractivity contribution in [3.63, 3.8) is 0 Å². The van der Waals surface area contributed by atoms with E-state index in [4.69, 9.17) is 0 Å². The van der Waals surface area contributed by atoms with Crippen LogP contribution in [-0.2, 0) is 15.3 Å². The van der Waals surface area contributed by atoms with Gasteiger partial charge in [0.15, 0.2) is 5.78 Å². The molecule has 1 spiro atoms. The Labute approximate surface area is 142 Å². The van der Waals surface area contributed by atoms with Gasteiger partial charge in [-0.3, -0.25) is 19.4 Å². The van der Waals surface area contributed by atoms with Crippen molar-refractivity contribution < 1.29 is 19.4 Å². The lowest BCUT2D eigenvalue weighted by Crippen LogP contribution is -3.48. The Kier molecular flexibility index (Phi) is 2.49. The molecular weight excluding hydrogens is 302 g/mol. The highest BCUT2D eigenvalue weighted by molar-refractivity contribution is 6.06. The summed E-state index contributed by atoms with van der Waals surface area (Å²) in [7, 11) is 0. The number of para-hydroxylation sites is 1. The van der Waals surface area contributed by atoms with Crippen molar-refractivity contribution in [2.24, 2.45) is 10.8 Å². The van der Waals surface area contributed by atoms with E-state index in [2.05, 4.69) is 26.0 Å². The Hall–Kier alpha value is -1.72. The molecule has 4 bridgehead atoms. The van der Waals surface area contributed by atoms with Crippen molar-refractivity contribution in [3.8, 4) is 0 Å². The third-order valence-corrected chi connectivity index (χ3v) is 7.05. The molecule has 5 aliphatic rings. The van der Waals surface area contributed by atoms with Crippen LogP contribution >= 0.6 is 0 Å². The van der Waals surface area contributed by atoms with Crippen molar-refractivity contribution in [2.45, 2.75) is 26.4 Å². The van der Waals surface area contributed by atoms with Gasteiger partial charge in [-0.2, -0.15) is 0 Å². The smallest absolute Gasteiger partial charge is 0.301 e. The average Bonchev–Trinajstić information content (AvgIpc) is 2.78. The third kappa shape index (κ3) is 1.33. The monoisotopic (exact) mass is 327 g/mol. The number of amides is 1. The number of fused-ring (bicyclic) bond motifs is 1. The fourth-order valence-electron chi connectivity index (χ4n) is 6.41. The molecule has 0 saturated carbocycles. The molecule has 1 aromatic carbocycles. The van der Waals surface area contributed by atoms with E-state index in [0.29, 0.717) is 12.3 Å². The summed E-state index contributed by atoms with van der Waals surface area (Å²) in [5.74, 6) is 0.651. The molecule has 5 heteroatoms. The van der Waals surface area contributed by atoms with Gasteiger partial charge in [-0.15, -0.1) is 0 Å². The molecule has 0 unspecified atom stereocenters. The van der Waals surface area contributed by atoms with Crippen LogP contribution in [-0.4, -0.2) is 44.4 Å². The van der Waals surface area contributed by atoms with Crippen molar-refractivity contribution in [3.05, 3.63) is 29.8 Å². The number of benzene rings is 1. The number of nitrogens with zero attached hydrogens (tertiary/aromatic N) is 1. The maximum absolute atomic E-state index is 13.6. The molecule has 24 heavy (non-hydrogen) atoms. The Balaban J connectivity index is 1.74. The highest BCUT2D eigenvalue weighted by Gasteiger charge is 2.78. The second-order valence-corrected chi connectivity index (χ2v) is 8.68. The number of rotatable bonds is 1. The summed E-state index contributed by atoms with van der Waals surface area (Å²) in [5.41, 5.74) is 1.14. The minimum atomic E-state index is -0.535. The zero-order valence-electron chi connectivity index (χ0n) is 14.6. The number of carbonyl (C=O) groups is 2. The summed E-state index contributed by atoms with van der Waals surface area (Å²) in [6.07, 6.45) is 0. The first-order valence-corrected chi connectivity index (χ1v) is 9.03. The third-order valence-electron chi connectivity index (χ3n) is 7.05. The summed E-state index contributed by atoms with van der Waals surface area (Å²) >= 11 is 0. The molecule has 0 aliphatic carbocycles. The van der Waals surface area contributed by atoms with Crippen molar-refractivity contribution >= 4 is 17.4 Å². The molecule has 126 valence electrons. The summed E-state index contributed by atoms with van der Waals surface area (Å²) in [5, 5.41) is 0. The molecular formula is C19H25N3O2+2. The first kappa shape index (κ1) is 14.6. The predicted molar refractivity (Wildman–Crippen MR) is 88.8 cm³/mol. The minimum absolute atomic E-state index is 0.231. The molecule has 5 nitrogen and oxygen atoms in total. The van der Waals surface area contributed by atoms with Crippen LogP contribution in [0.5, 0.6) is 0 Å². The van der Waals surface area contributed by atoms with E-state index in [0.717, 1.165) is 31.9 Å². The standard InChI is InChI=1S/C19H23N3O2/c1-4-22-14-8-6-5-7-13(14)19(16(22)24)20-9-17(2)10-21(19)12-18(3,11-20)15(17)23/h5-8H,4,9-12H2,1-3H3/p+2. The molecule has 4 saturated heterocycles. The van der Waals surface area contributed by atoms with Gasteiger partial charge < -0.3 is 4.90 Å². The molecule has 0 aromatic heterocycles. The Morgan fingerprint density at radius 3 is 2.08 bits per heavy atom. The number of anilines is 1. The molecule has 1 amide bonds. The maximum atomic E-state index is 13.6. The number of Topliss-reactive ketones (excluding diaryl/α,β-unsaturated/α-hetero) is 1. The van der Waals surface area contributed by atoms with Crippen LogP contribution in [0.2, 0.25) is 0 Å². The topological polar surface area (TPSA) is 46.3 Å². The minimum Gasteiger partial charge on any atom is -0.301 e. The van der Waals surface area contributed by atoms with Crippen LogP contribution in [0.3, 0.4) is 0 Å². The van der Waals surface area contributed by atoms with E-state index >= 15 is 0 Å². The molecule has 2 N–H and O–H groups in total. The maximum Gasteiger partial charge on any atom is 0.353 e. The lowest BCUT2D eigenvalue weighted by Gasteiger charge is -2.61. The highest BCUT2D eigenvalue weighted by atomic mass is 16.2. The normalized spacial score (nSPS) is 45.4. The Morgan fingerprint density at radius 2 is 1.54 bits per heavy atom. The number of quaternary nitrogens is 2. The zero-order chi connectivity index (χ0) is 16.9. The van der Waals surface area contributed by atoms with Crippen LogP contribution in [0, 0.1) is 10.8 Å². The fourth-order valence-corrected chi connectivity index (χ4v) is 6.41. The Morgan fingerprint density at radius 1 is 1.00 bits per heavy atom. The van der Waals surface area contributed by atoms with E-state index in [-0.39, 0.29) is 16.7 Å². The molecule has 5 aliphatic heterocycles. The number of likely N-dealkylation sites (N-methyl/N-ethyl adjacent to an activating group) is 1. The number of hydrogen-bond donors (Lipinski definition) is 2. The van der Waals surface area contributed by atoms with Gasteiger partial charge in [0.05, 0.1) is 5.69 Å². The van der Waals surface area contributed by atoms with Crippen LogP contribution in [0.4, 0.5) is 5.69 Å². The van der Waals surface area contributed by atoms with Crippen LogP contribution in [0.1, 0.15) is 26.3 Å². The van der Waals surface area contributed by atoms with Crippen LogP contribution in [0.25, 0.3) is 0 Å². The molecule has 0 atom stereocenters. The van der Waals surface area contributed by atoms with Crippen molar-refractivity contribution in [2.75, 3.05) is 37.6 Å². The quantitative estimate of drug-likeness (QED) is 0.666. The average molecular weight is 327 g/mol. The van der Waals surface area contributed by atoms with Gasteiger partial charge in [0.25, 0.3) is 0 Å². The molecule has 0 radical (unpaired) electrons. The van der Waals surface area contributed by atoms with Crippen molar-refractivity contribution in [1.82, 2.24) is 0 Å².